The van der Waals surface area contributed by atoms with Crippen LogP contribution < -0.4 is 0 Å². The number of rotatable bonds is 4. The van der Waals surface area contributed by atoms with Crippen molar-refractivity contribution >= 4 is 90.5 Å². The molecule has 12 nitrogen and oxygen atoms in total. The second kappa shape index (κ2) is 14.2. The zero-order valence-electron chi connectivity index (χ0n) is 33.6. The Balaban J connectivity index is 1.19. The number of benzene rings is 4. The molecular formula is C52H30N12. The smallest absolute Gasteiger partial charge is 0.0935 e. The average molecular weight is 823 g/mol. The summed E-state index contributed by atoms with van der Waals surface area (Å²) in [5.74, 6) is 0. The topological polar surface area (TPSA) is 160 Å². The molecule has 0 amide bonds. The summed E-state index contributed by atoms with van der Waals surface area (Å²) in [6.07, 6.45) is 15.3. The van der Waals surface area contributed by atoms with Gasteiger partial charge in [-0.05, 0) is 97.1 Å². The normalized spacial score (nSPS) is 12.2. The molecule has 11 aromatic rings. The number of hydrogen-bond acceptors (Lipinski definition) is 10. The molecule has 7 aromatic heterocycles. The average Bonchev–Trinajstić information content (AvgIpc) is 4.20. The molecule has 64 heavy (non-hydrogen) atoms. The second-order valence-corrected chi connectivity index (χ2v) is 15.5. The maximum Gasteiger partial charge on any atom is 0.0935 e. The van der Waals surface area contributed by atoms with Crippen molar-refractivity contribution in [3.63, 3.8) is 0 Å². The van der Waals surface area contributed by atoms with Crippen LogP contribution in [0.2, 0.25) is 0 Å². The Bertz CT molecular complexity index is 3490. The van der Waals surface area contributed by atoms with Crippen molar-refractivity contribution in [2.75, 3.05) is 0 Å². The van der Waals surface area contributed by atoms with E-state index in [-0.39, 0.29) is 0 Å². The summed E-state index contributed by atoms with van der Waals surface area (Å²) in [5, 5.41) is 0. The van der Waals surface area contributed by atoms with Crippen molar-refractivity contribution in [2.24, 2.45) is 0 Å². The van der Waals surface area contributed by atoms with Gasteiger partial charge in [-0.3, -0.25) is 19.9 Å². The van der Waals surface area contributed by atoms with E-state index >= 15 is 0 Å². The summed E-state index contributed by atoms with van der Waals surface area (Å²) in [4.78, 5) is 58.2. The monoisotopic (exact) mass is 822 g/mol. The molecule has 4 aromatic carbocycles. The summed E-state index contributed by atoms with van der Waals surface area (Å²) in [6.45, 7) is 0. The van der Waals surface area contributed by atoms with E-state index in [1.165, 1.54) is 0 Å². The summed E-state index contributed by atoms with van der Waals surface area (Å²) >= 11 is 0. The van der Waals surface area contributed by atoms with Gasteiger partial charge in [-0.25, -0.2) is 29.9 Å². The zero-order valence-corrected chi connectivity index (χ0v) is 33.6. The lowest BCUT2D eigenvalue weighted by molar-refractivity contribution is 1.24. The fraction of sp³-hybridized carbons (Fsp3) is 0. The molecule has 2 aliphatic rings. The van der Waals surface area contributed by atoms with Crippen molar-refractivity contribution in [1.29, 1.82) is 0 Å². The predicted octanol–water partition coefficient (Wildman–Crippen LogP) is 11.1. The lowest BCUT2D eigenvalue weighted by Gasteiger charge is -2.07. The number of aromatic nitrogens is 12. The number of hydrogen-bond donors (Lipinski definition) is 2. The van der Waals surface area contributed by atoms with Crippen molar-refractivity contribution in [3.8, 4) is 45.0 Å². The van der Waals surface area contributed by atoms with Gasteiger partial charge in [0.15, 0.2) is 0 Å². The van der Waals surface area contributed by atoms with Gasteiger partial charge >= 0.3 is 0 Å². The molecule has 0 radical (unpaired) electrons. The van der Waals surface area contributed by atoms with E-state index in [4.69, 9.17) is 49.8 Å². The van der Waals surface area contributed by atoms with Gasteiger partial charge in [0.2, 0.25) is 0 Å². The fourth-order valence-electron chi connectivity index (χ4n) is 8.59. The van der Waals surface area contributed by atoms with Crippen LogP contribution in [0.15, 0.2) is 146 Å². The highest BCUT2D eigenvalue weighted by atomic mass is 14.9. The molecule has 2 aliphatic heterocycles. The van der Waals surface area contributed by atoms with Gasteiger partial charge in [0.05, 0.1) is 159 Å². The first-order valence-corrected chi connectivity index (χ1v) is 20.7. The molecule has 9 heterocycles. The van der Waals surface area contributed by atoms with Crippen LogP contribution in [0.5, 0.6) is 0 Å². The largest absolute Gasteiger partial charge is 0.354 e. The molecule has 2 N–H and O–H groups in total. The molecule has 12 heteroatoms. The lowest BCUT2D eigenvalue weighted by atomic mass is 10.1. The maximum atomic E-state index is 5.40. The Kier molecular flexibility index (Phi) is 7.90. The third-order valence-electron chi connectivity index (χ3n) is 11.6. The molecule has 0 aliphatic carbocycles. The van der Waals surface area contributed by atoms with Gasteiger partial charge in [0.1, 0.15) is 0 Å². The second-order valence-electron chi connectivity index (χ2n) is 15.5. The Labute approximate surface area is 363 Å². The van der Waals surface area contributed by atoms with Crippen LogP contribution in [-0.4, -0.2) is 59.8 Å². The number of nitrogens with one attached hydrogen (secondary N) is 2. The van der Waals surface area contributed by atoms with Crippen molar-refractivity contribution in [2.45, 2.75) is 0 Å². The van der Waals surface area contributed by atoms with E-state index in [0.717, 1.165) is 88.5 Å². The number of fused-ring (bicyclic) bond motifs is 12. The van der Waals surface area contributed by atoms with Crippen LogP contribution in [0.3, 0.4) is 0 Å². The number of nitrogens with zero attached hydrogens (tertiary/aromatic N) is 10. The standard InChI is InChI=1S/C52H30N12/c1-5-13-33-29(9-1)53-25-45(57-33)49-37-17-19-39(61-37)50(46-26-54-30-10-2-6-14-34(30)58-46)41-21-23-43(63-41)52(48-28-56-32-12-4-8-16-36(32)60-48)44-24-22-42(64-44)51(40-20-18-38(49)62-40)47-27-55-31-11-3-7-15-35(31)59-47/h1-28,61,64H. The minimum absolute atomic E-state index is 0.656. The van der Waals surface area contributed by atoms with E-state index in [1.807, 2.05) is 146 Å². The number of aromatic amines is 2. The van der Waals surface area contributed by atoms with Crippen LogP contribution in [0.1, 0.15) is 22.8 Å². The highest BCUT2D eigenvalue weighted by molar-refractivity contribution is 6.00. The van der Waals surface area contributed by atoms with Crippen LogP contribution >= 0.6 is 0 Å². The quantitative estimate of drug-likeness (QED) is 0.175. The molecule has 0 saturated heterocycles. The van der Waals surface area contributed by atoms with Gasteiger partial charge < -0.3 is 9.97 Å². The highest BCUT2D eigenvalue weighted by Crippen LogP contribution is 2.38. The molecule has 0 atom stereocenters. The Hall–Kier alpha value is -9.16. The maximum absolute atomic E-state index is 5.40. The minimum Gasteiger partial charge on any atom is -0.354 e. The van der Waals surface area contributed by atoms with Crippen molar-refractivity contribution in [1.82, 2.24) is 59.8 Å². The number of H-pyrrole nitrogens is 2. The zero-order chi connectivity index (χ0) is 42.1. The van der Waals surface area contributed by atoms with Gasteiger partial charge in [-0.2, -0.15) is 0 Å². The summed E-state index contributed by atoms with van der Waals surface area (Å²) in [5.41, 5.74) is 17.9. The van der Waals surface area contributed by atoms with E-state index in [1.54, 1.807) is 24.8 Å². The highest BCUT2D eigenvalue weighted by Gasteiger charge is 2.21. The fourth-order valence-corrected chi connectivity index (χ4v) is 8.59. The first-order chi connectivity index (χ1) is 31.7. The van der Waals surface area contributed by atoms with Crippen molar-refractivity contribution < 1.29 is 0 Å². The third-order valence-corrected chi connectivity index (χ3v) is 11.6. The third kappa shape index (κ3) is 5.92. The number of para-hydroxylation sites is 8. The van der Waals surface area contributed by atoms with Gasteiger partial charge in [0, 0.05) is 0 Å². The Morgan fingerprint density at radius 2 is 0.484 bits per heavy atom. The van der Waals surface area contributed by atoms with E-state index < -0.39 is 0 Å². The molecule has 0 unspecified atom stereocenters. The van der Waals surface area contributed by atoms with Crippen LogP contribution in [0.4, 0.5) is 0 Å². The lowest BCUT2D eigenvalue weighted by Crippen LogP contribution is -1.95. The van der Waals surface area contributed by atoms with Gasteiger partial charge in [0.25, 0.3) is 0 Å². The molecule has 13 rings (SSSR count). The summed E-state index contributed by atoms with van der Waals surface area (Å²) in [7, 11) is 0. The molecule has 298 valence electrons. The first-order valence-electron chi connectivity index (χ1n) is 20.7. The molecular weight excluding hydrogens is 793 g/mol. The first kappa shape index (κ1) is 35.6. The minimum atomic E-state index is 0.656. The van der Waals surface area contributed by atoms with Gasteiger partial charge in [-0.1, -0.05) is 48.5 Å². The van der Waals surface area contributed by atoms with E-state index in [2.05, 4.69) is 9.97 Å². The molecule has 8 bridgehead atoms. The Morgan fingerprint density at radius 3 is 0.734 bits per heavy atom. The molecule has 0 fully saturated rings. The van der Waals surface area contributed by atoms with E-state index in [9.17, 15) is 0 Å². The molecule has 0 saturated carbocycles. The van der Waals surface area contributed by atoms with Crippen LogP contribution in [0.25, 0.3) is 136 Å². The van der Waals surface area contributed by atoms with Crippen molar-refractivity contribution in [3.05, 3.63) is 169 Å². The SMILES string of the molecule is C1=Cc2nc1c(-c1cnc3ccccc3n1)c1ccc([nH]1)c(-c1cnc3ccccc3n1)c1nc(c(-c3cnc4ccccc4n3)c3ccc([nH]3)c2-c2cnc3ccccc3n2)C=C1. The van der Waals surface area contributed by atoms with Crippen LogP contribution in [-0.2, 0) is 0 Å². The summed E-state index contributed by atoms with van der Waals surface area (Å²) < 4.78 is 0. The van der Waals surface area contributed by atoms with Crippen LogP contribution in [0, 0.1) is 0 Å². The Morgan fingerprint density at radius 1 is 0.250 bits per heavy atom. The predicted molar refractivity (Wildman–Crippen MR) is 253 cm³/mol. The summed E-state index contributed by atoms with van der Waals surface area (Å²) in [6, 6.07) is 39.6. The van der Waals surface area contributed by atoms with E-state index in [0.29, 0.717) is 45.6 Å². The van der Waals surface area contributed by atoms with Gasteiger partial charge in [-0.15, -0.1) is 0 Å². The molecule has 0 spiro atoms.